The van der Waals surface area contributed by atoms with Gasteiger partial charge in [-0.1, -0.05) is 0 Å². The molecular weight excluding hydrogens is 220 g/mol. The standard InChI is InChI=1S/C11H10N4O2/c16-11(10-12-6-13-15-10)14-8-1-2-9-7(5-8)3-4-17-9/h1-2,5-6H,3-4H2,(H,14,16)(H,12,13,15). The van der Waals surface area contributed by atoms with Crippen LogP contribution in [0.5, 0.6) is 5.75 Å². The molecule has 0 saturated heterocycles. The van der Waals surface area contributed by atoms with Gasteiger partial charge in [-0.25, -0.2) is 4.98 Å². The van der Waals surface area contributed by atoms with E-state index in [0.29, 0.717) is 6.61 Å². The van der Waals surface area contributed by atoms with Crippen LogP contribution in [0.1, 0.15) is 16.2 Å². The third-order valence-corrected chi connectivity index (χ3v) is 2.58. The van der Waals surface area contributed by atoms with E-state index in [1.165, 1.54) is 6.33 Å². The van der Waals surface area contributed by atoms with Crippen molar-refractivity contribution in [1.29, 1.82) is 0 Å². The summed E-state index contributed by atoms with van der Waals surface area (Å²) >= 11 is 0. The zero-order valence-corrected chi connectivity index (χ0v) is 8.93. The predicted octanol–water partition coefficient (Wildman–Crippen LogP) is 0.992. The Hall–Kier alpha value is -2.37. The minimum Gasteiger partial charge on any atom is -0.493 e. The zero-order valence-electron chi connectivity index (χ0n) is 8.93. The molecule has 1 aromatic heterocycles. The average molecular weight is 230 g/mol. The zero-order chi connectivity index (χ0) is 11.7. The van der Waals surface area contributed by atoms with Crippen LogP contribution in [0.2, 0.25) is 0 Å². The maximum Gasteiger partial charge on any atom is 0.292 e. The Balaban J connectivity index is 1.80. The molecule has 0 saturated carbocycles. The number of nitrogens with zero attached hydrogens (tertiary/aromatic N) is 2. The quantitative estimate of drug-likeness (QED) is 0.806. The number of amides is 1. The van der Waals surface area contributed by atoms with E-state index in [4.69, 9.17) is 4.74 Å². The van der Waals surface area contributed by atoms with Crippen molar-refractivity contribution >= 4 is 11.6 Å². The van der Waals surface area contributed by atoms with Gasteiger partial charge in [-0.05, 0) is 23.8 Å². The number of rotatable bonds is 2. The number of anilines is 1. The number of hydrogen-bond acceptors (Lipinski definition) is 4. The molecule has 0 bridgehead atoms. The SMILES string of the molecule is O=C(Nc1ccc2c(c1)CCO2)c1ncn[nH]1. The van der Waals surface area contributed by atoms with Crippen LogP contribution in [0, 0.1) is 0 Å². The van der Waals surface area contributed by atoms with Crippen molar-refractivity contribution in [3.05, 3.63) is 35.9 Å². The van der Waals surface area contributed by atoms with Crippen LogP contribution in [0.3, 0.4) is 0 Å². The van der Waals surface area contributed by atoms with Crippen LogP contribution in [0.4, 0.5) is 5.69 Å². The summed E-state index contributed by atoms with van der Waals surface area (Å²) in [6.45, 7) is 0.703. The second kappa shape index (κ2) is 3.89. The molecular formula is C11H10N4O2. The van der Waals surface area contributed by atoms with Crippen LogP contribution >= 0.6 is 0 Å². The Labute approximate surface area is 97.0 Å². The van der Waals surface area contributed by atoms with E-state index in [9.17, 15) is 4.79 Å². The predicted molar refractivity (Wildman–Crippen MR) is 60.0 cm³/mol. The monoisotopic (exact) mass is 230 g/mol. The van der Waals surface area contributed by atoms with E-state index in [2.05, 4.69) is 20.5 Å². The Kier molecular flexibility index (Phi) is 2.25. The summed E-state index contributed by atoms with van der Waals surface area (Å²) in [5, 5.41) is 8.88. The van der Waals surface area contributed by atoms with Gasteiger partial charge in [-0.2, -0.15) is 5.10 Å². The highest BCUT2D eigenvalue weighted by Crippen LogP contribution is 2.27. The maximum absolute atomic E-state index is 11.7. The van der Waals surface area contributed by atoms with Gasteiger partial charge in [0, 0.05) is 12.1 Å². The Morgan fingerprint density at radius 1 is 1.47 bits per heavy atom. The fourth-order valence-electron chi connectivity index (χ4n) is 1.77. The number of aromatic nitrogens is 3. The van der Waals surface area contributed by atoms with Gasteiger partial charge in [0.2, 0.25) is 5.82 Å². The third-order valence-electron chi connectivity index (χ3n) is 2.58. The molecule has 0 unspecified atom stereocenters. The Bertz CT molecular complexity index is 551. The van der Waals surface area contributed by atoms with Crippen molar-refractivity contribution in [2.45, 2.75) is 6.42 Å². The molecule has 0 radical (unpaired) electrons. The number of fused-ring (bicyclic) bond motifs is 1. The van der Waals surface area contributed by atoms with Gasteiger partial charge >= 0.3 is 0 Å². The number of carbonyl (C=O) groups is 1. The lowest BCUT2D eigenvalue weighted by molar-refractivity contribution is 0.101. The molecule has 0 fully saturated rings. The first-order chi connectivity index (χ1) is 8.33. The molecule has 1 aromatic carbocycles. The smallest absolute Gasteiger partial charge is 0.292 e. The van der Waals surface area contributed by atoms with E-state index in [-0.39, 0.29) is 11.7 Å². The highest BCUT2D eigenvalue weighted by atomic mass is 16.5. The molecule has 1 aliphatic rings. The molecule has 2 heterocycles. The van der Waals surface area contributed by atoms with Crippen LogP contribution in [0.25, 0.3) is 0 Å². The molecule has 1 aliphatic heterocycles. The molecule has 1 amide bonds. The van der Waals surface area contributed by atoms with Crippen LogP contribution < -0.4 is 10.1 Å². The van der Waals surface area contributed by atoms with E-state index < -0.39 is 0 Å². The molecule has 2 N–H and O–H groups in total. The summed E-state index contributed by atoms with van der Waals surface area (Å²) in [7, 11) is 0. The largest absolute Gasteiger partial charge is 0.493 e. The van der Waals surface area contributed by atoms with Crippen molar-refractivity contribution in [2.24, 2.45) is 0 Å². The highest BCUT2D eigenvalue weighted by molar-refractivity contribution is 6.01. The highest BCUT2D eigenvalue weighted by Gasteiger charge is 2.14. The number of hydrogen-bond donors (Lipinski definition) is 2. The van der Waals surface area contributed by atoms with Gasteiger partial charge in [0.25, 0.3) is 5.91 Å². The number of ether oxygens (including phenoxy) is 1. The fourth-order valence-corrected chi connectivity index (χ4v) is 1.77. The van der Waals surface area contributed by atoms with Crippen molar-refractivity contribution < 1.29 is 9.53 Å². The molecule has 6 nitrogen and oxygen atoms in total. The van der Waals surface area contributed by atoms with E-state index >= 15 is 0 Å². The first-order valence-electron chi connectivity index (χ1n) is 5.25. The Morgan fingerprint density at radius 3 is 3.24 bits per heavy atom. The van der Waals surface area contributed by atoms with Gasteiger partial charge in [-0.3, -0.25) is 9.89 Å². The fraction of sp³-hybridized carbons (Fsp3) is 0.182. The van der Waals surface area contributed by atoms with E-state index in [1.54, 1.807) is 6.07 Å². The molecule has 3 rings (SSSR count). The van der Waals surface area contributed by atoms with Crippen molar-refractivity contribution in [1.82, 2.24) is 15.2 Å². The number of aromatic amines is 1. The normalized spacial score (nSPS) is 12.9. The van der Waals surface area contributed by atoms with Crippen molar-refractivity contribution in [3.63, 3.8) is 0 Å². The Morgan fingerprint density at radius 2 is 2.41 bits per heavy atom. The molecule has 6 heteroatoms. The van der Waals surface area contributed by atoms with E-state index in [1.807, 2.05) is 12.1 Å². The summed E-state index contributed by atoms with van der Waals surface area (Å²) in [6.07, 6.45) is 2.17. The first kappa shape index (κ1) is 9.83. The van der Waals surface area contributed by atoms with Gasteiger partial charge < -0.3 is 10.1 Å². The number of H-pyrrole nitrogens is 1. The first-order valence-corrected chi connectivity index (χ1v) is 5.25. The molecule has 0 atom stereocenters. The van der Waals surface area contributed by atoms with Gasteiger partial charge in [-0.15, -0.1) is 0 Å². The second-order valence-electron chi connectivity index (χ2n) is 3.71. The molecule has 86 valence electrons. The second-order valence-corrected chi connectivity index (χ2v) is 3.71. The summed E-state index contributed by atoms with van der Waals surface area (Å²) < 4.78 is 5.39. The summed E-state index contributed by atoms with van der Waals surface area (Å²) in [5.41, 5.74) is 1.84. The molecule has 17 heavy (non-hydrogen) atoms. The minimum atomic E-state index is -0.304. The van der Waals surface area contributed by atoms with Crippen LogP contribution in [0.15, 0.2) is 24.5 Å². The lowest BCUT2D eigenvalue weighted by atomic mass is 10.1. The lowest BCUT2D eigenvalue weighted by Crippen LogP contribution is -2.13. The number of nitrogens with one attached hydrogen (secondary N) is 2. The topological polar surface area (TPSA) is 79.9 Å². The average Bonchev–Trinajstić information content (AvgIpc) is 2.99. The summed E-state index contributed by atoms with van der Waals surface area (Å²) in [6, 6.07) is 5.58. The number of carbonyl (C=O) groups excluding carboxylic acids is 1. The van der Waals surface area contributed by atoms with Crippen molar-refractivity contribution in [3.8, 4) is 5.75 Å². The maximum atomic E-state index is 11.7. The third kappa shape index (κ3) is 1.84. The van der Waals surface area contributed by atoms with Crippen LogP contribution in [-0.4, -0.2) is 27.7 Å². The minimum absolute atomic E-state index is 0.196. The lowest BCUT2D eigenvalue weighted by Gasteiger charge is -2.04. The number of benzene rings is 1. The van der Waals surface area contributed by atoms with Gasteiger partial charge in [0.15, 0.2) is 0 Å². The molecule has 2 aromatic rings. The van der Waals surface area contributed by atoms with Crippen LogP contribution in [-0.2, 0) is 6.42 Å². The van der Waals surface area contributed by atoms with Gasteiger partial charge in [0.05, 0.1) is 6.61 Å². The summed E-state index contributed by atoms with van der Waals surface area (Å²) in [5.74, 6) is 0.783. The van der Waals surface area contributed by atoms with E-state index in [0.717, 1.165) is 23.4 Å². The van der Waals surface area contributed by atoms with Gasteiger partial charge in [0.1, 0.15) is 12.1 Å². The molecule has 0 spiro atoms. The summed E-state index contributed by atoms with van der Waals surface area (Å²) in [4.78, 5) is 15.5. The van der Waals surface area contributed by atoms with Crippen molar-refractivity contribution in [2.75, 3.05) is 11.9 Å². The molecule has 0 aliphatic carbocycles.